The van der Waals surface area contributed by atoms with E-state index in [4.69, 9.17) is 5.26 Å². The van der Waals surface area contributed by atoms with Crippen LogP contribution in [0.25, 0.3) is 0 Å². The summed E-state index contributed by atoms with van der Waals surface area (Å²) in [6.07, 6.45) is 7.54. The van der Waals surface area contributed by atoms with Crippen LogP contribution < -0.4 is 0 Å². The van der Waals surface area contributed by atoms with Gasteiger partial charge in [0.1, 0.15) is 0 Å². The zero-order valence-electron chi connectivity index (χ0n) is 10.6. The summed E-state index contributed by atoms with van der Waals surface area (Å²) in [6.45, 7) is 12.0. The average Bonchev–Trinajstić information content (AvgIpc) is 2.25. The minimum absolute atomic E-state index is 0.526. The Morgan fingerprint density at radius 2 is 1.71 bits per heavy atom. The molecule has 1 nitrogen and oxygen atoms in total. The van der Waals surface area contributed by atoms with Crippen LogP contribution in [-0.4, -0.2) is 0 Å². The largest absolute Gasteiger partial charge is 0.198 e. The maximum absolute atomic E-state index is 8.37. The molecule has 0 aliphatic rings. The van der Waals surface area contributed by atoms with E-state index in [1.54, 1.807) is 0 Å². The quantitative estimate of drug-likeness (QED) is 0.590. The van der Waals surface area contributed by atoms with Gasteiger partial charge in [-0.2, -0.15) is 5.26 Å². The molecule has 0 amide bonds. The molecule has 0 spiro atoms. The van der Waals surface area contributed by atoms with E-state index in [0.29, 0.717) is 6.42 Å². The van der Waals surface area contributed by atoms with Crippen molar-refractivity contribution >= 4 is 0 Å². The van der Waals surface area contributed by atoms with Crippen LogP contribution in [0.5, 0.6) is 0 Å². The van der Waals surface area contributed by atoms with Gasteiger partial charge in [0.15, 0.2) is 0 Å². The monoisotopic (exact) mass is 195 g/mol. The van der Waals surface area contributed by atoms with Crippen molar-refractivity contribution < 1.29 is 0 Å². The first kappa shape index (κ1) is 18.7. The Morgan fingerprint density at radius 3 is 2.00 bits per heavy atom. The number of nitriles is 1. The van der Waals surface area contributed by atoms with Gasteiger partial charge in [0, 0.05) is 0 Å². The predicted molar refractivity (Wildman–Crippen MR) is 66.1 cm³/mol. The molecule has 14 heavy (non-hydrogen) atoms. The van der Waals surface area contributed by atoms with E-state index in [9.17, 15) is 0 Å². The van der Waals surface area contributed by atoms with Crippen molar-refractivity contribution in [2.75, 3.05) is 0 Å². The maximum Gasteiger partial charge on any atom is 0.0669 e. The van der Waals surface area contributed by atoms with Crippen LogP contribution in [0.2, 0.25) is 0 Å². The van der Waals surface area contributed by atoms with E-state index in [2.05, 4.69) is 19.1 Å². The lowest BCUT2D eigenvalue weighted by Crippen LogP contribution is -1.74. The summed E-state index contributed by atoms with van der Waals surface area (Å²) in [5.74, 6) is 0. The molecule has 0 heterocycles. The third-order valence-corrected chi connectivity index (χ3v) is 1.13. The van der Waals surface area contributed by atoms with Gasteiger partial charge >= 0.3 is 0 Å². The van der Waals surface area contributed by atoms with E-state index in [-0.39, 0.29) is 0 Å². The van der Waals surface area contributed by atoms with Gasteiger partial charge in [-0.3, -0.25) is 0 Å². The Hall–Kier alpha value is -1.03. The minimum atomic E-state index is 0.526. The number of allylic oxidation sites excluding steroid dienone is 4. The molecule has 0 atom stereocenters. The molecule has 0 unspecified atom stereocenters. The molecule has 0 rings (SSSR count). The first-order valence-corrected chi connectivity index (χ1v) is 5.53. The fourth-order valence-corrected chi connectivity index (χ4v) is 0.767. The summed E-state index contributed by atoms with van der Waals surface area (Å²) in [7, 11) is 0. The Labute approximate surface area is 90.1 Å². The van der Waals surface area contributed by atoms with Crippen molar-refractivity contribution in [2.45, 2.75) is 54.4 Å². The summed E-state index contributed by atoms with van der Waals surface area (Å²) < 4.78 is 0. The summed E-state index contributed by atoms with van der Waals surface area (Å²) >= 11 is 0. The van der Waals surface area contributed by atoms with Crippen LogP contribution in [0.4, 0.5) is 0 Å². The lowest BCUT2D eigenvalue weighted by Gasteiger charge is -1.90. The van der Waals surface area contributed by atoms with Crippen molar-refractivity contribution in [3.63, 3.8) is 0 Å². The van der Waals surface area contributed by atoms with E-state index >= 15 is 0 Å². The van der Waals surface area contributed by atoms with Gasteiger partial charge in [-0.15, -0.1) is 0 Å². The lowest BCUT2D eigenvalue weighted by atomic mass is 10.1. The molecule has 82 valence electrons. The molecule has 0 aliphatic carbocycles. The minimum Gasteiger partial charge on any atom is -0.198 e. The second kappa shape index (κ2) is 22.7. The molecule has 1 heteroatoms. The summed E-state index contributed by atoms with van der Waals surface area (Å²) in [6, 6.07) is 2.12. The summed E-state index contributed by atoms with van der Waals surface area (Å²) in [5.41, 5.74) is 1.12. The normalized spacial score (nSPS) is 9.36. The second-order valence-electron chi connectivity index (χ2n) is 2.02. The SMILES string of the molecule is C/C=C\C(=C/CC)CC#N.CC.CC. The molecule has 0 radical (unpaired) electrons. The Morgan fingerprint density at radius 1 is 1.21 bits per heavy atom. The first-order valence-electron chi connectivity index (χ1n) is 5.53. The highest BCUT2D eigenvalue weighted by Crippen LogP contribution is 2.03. The Kier molecular flexibility index (Phi) is 30.3. The van der Waals surface area contributed by atoms with Crippen molar-refractivity contribution in [3.05, 3.63) is 23.8 Å². The van der Waals surface area contributed by atoms with Crippen LogP contribution in [0, 0.1) is 11.3 Å². The first-order chi connectivity index (χ1) is 6.85. The van der Waals surface area contributed by atoms with E-state index in [1.165, 1.54) is 0 Å². The molecule has 0 aromatic heterocycles. The zero-order valence-corrected chi connectivity index (χ0v) is 10.6. The topological polar surface area (TPSA) is 23.8 Å². The van der Waals surface area contributed by atoms with Gasteiger partial charge in [-0.25, -0.2) is 0 Å². The second-order valence-corrected chi connectivity index (χ2v) is 2.02. The van der Waals surface area contributed by atoms with Crippen molar-refractivity contribution in [1.29, 1.82) is 5.26 Å². The molecule has 0 bridgehead atoms. The van der Waals surface area contributed by atoms with Gasteiger partial charge in [-0.05, 0) is 18.9 Å². The average molecular weight is 195 g/mol. The molecule has 0 aromatic carbocycles. The number of hydrogen-bond donors (Lipinski definition) is 0. The third kappa shape index (κ3) is 17.2. The highest BCUT2D eigenvalue weighted by Gasteiger charge is 1.86. The van der Waals surface area contributed by atoms with Crippen LogP contribution in [0.3, 0.4) is 0 Å². The smallest absolute Gasteiger partial charge is 0.0669 e. The van der Waals surface area contributed by atoms with Crippen LogP contribution >= 0.6 is 0 Å². The predicted octanol–water partition coefficient (Wildman–Crippen LogP) is 4.86. The van der Waals surface area contributed by atoms with Crippen molar-refractivity contribution in [1.82, 2.24) is 0 Å². The van der Waals surface area contributed by atoms with Gasteiger partial charge in [0.2, 0.25) is 0 Å². The fraction of sp³-hybridized carbons (Fsp3) is 0.615. The van der Waals surface area contributed by atoms with Crippen LogP contribution in [0.1, 0.15) is 54.4 Å². The highest BCUT2D eigenvalue weighted by molar-refractivity contribution is 5.21. The highest BCUT2D eigenvalue weighted by atomic mass is 14.2. The lowest BCUT2D eigenvalue weighted by molar-refractivity contribution is 1.16. The van der Waals surface area contributed by atoms with Crippen LogP contribution in [-0.2, 0) is 0 Å². The Bertz CT molecular complexity index is 170. The summed E-state index contributed by atoms with van der Waals surface area (Å²) in [4.78, 5) is 0. The van der Waals surface area contributed by atoms with Crippen molar-refractivity contribution in [2.24, 2.45) is 0 Å². The third-order valence-electron chi connectivity index (χ3n) is 1.13. The molecular weight excluding hydrogens is 170 g/mol. The molecule has 0 aliphatic heterocycles. The van der Waals surface area contributed by atoms with E-state index < -0.39 is 0 Å². The van der Waals surface area contributed by atoms with E-state index in [1.807, 2.05) is 46.8 Å². The van der Waals surface area contributed by atoms with Crippen molar-refractivity contribution in [3.8, 4) is 6.07 Å². The molecule has 0 N–H and O–H groups in total. The number of rotatable bonds is 3. The maximum atomic E-state index is 8.37. The summed E-state index contributed by atoms with van der Waals surface area (Å²) in [5, 5.41) is 8.37. The van der Waals surface area contributed by atoms with Gasteiger partial charge in [0.05, 0.1) is 12.5 Å². The zero-order chi connectivity index (χ0) is 11.8. The Balaban J connectivity index is -0.000000266. The molecule has 0 saturated carbocycles. The van der Waals surface area contributed by atoms with Crippen LogP contribution in [0.15, 0.2) is 23.8 Å². The molecule has 0 aromatic rings. The molecular formula is C13H25N. The van der Waals surface area contributed by atoms with E-state index in [0.717, 1.165) is 12.0 Å². The van der Waals surface area contributed by atoms with Gasteiger partial charge in [-0.1, -0.05) is 52.8 Å². The number of hydrogen-bond acceptors (Lipinski definition) is 1. The standard InChI is InChI=1S/C9H13N.2C2H6/c1-3-5-9(6-4-2)7-8-10;2*1-2/h3,5-6H,4,7H2,1-2H3;2*1-2H3/b5-3-,9-6+;;. The number of nitrogens with zero attached hydrogens (tertiary/aromatic N) is 1. The molecule has 0 saturated heterocycles. The fourth-order valence-electron chi connectivity index (χ4n) is 0.767. The molecule has 0 fully saturated rings. The van der Waals surface area contributed by atoms with Gasteiger partial charge < -0.3 is 0 Å². The van der Waals surface area contributed by atoms with Gasteiger partial charge in [0.25, 0.3) is 0 Å².